The smallest absolute Gasteiger partial charge is 0.0717 e. The van der Waals surface area contributed by atoms with E-state index < -0.39 is 0 Å². The molecule has 1 N–H and O–H groups in total. The van der Waals surface area contributed by atoms with Crippen LogP contribution in [0.3, 0.4) is 0 Å². The maximum atomic E-state index is 5.71. The number of benzene rings is 1. The third-order valence-corrected chi connectivity index (χ3v) is 3.43. The van der Waals surface area contributed by atoms with Crippen LogP contribution >= 0.6 is 0 Å². The minimum atomic E-state index is 0.721. The molecule has 0 saturated heterocycles. The molecule has 0 unspecified atom stereocenters. The van der Waals surface area contributed by atoms with E-state index in [-0.39, 0.29) is 0 Å². The Morgan fingerprint density at radius 2 is 1.89 bits per heavy atom. The highest BCUT2D eigenvalue weighted by molar-refractivity contribution is 5.21. The highest BCUT2D eigenvalue weighted by Gasteiger charge is 2.25. The van der Waals surface area contributed by atoms with E-state index in [0.29, 0.717) is 0 Å². The van der Waals surface area contributed by atoms with E-state index in [1.807, 2.05) is 7.05 Å². The van der Waals surface area contributed by atoms with Crippen LogP contribution < -0.4 is 5.32 Å². The summed E-state index contributed by atoms with van der Waals surface area (Å²) in [5.74, 6) is 0. The van der Waals surface area contributed by atoms with Gasteiger partial charge in [0.05, 0.1) is 13.2 Å². The maximum Gasteiger partial charge on any atom is 0.0717 e. The average Bonchev–Trinajstić information content (AvgIpc) is 3.21. The van der Waals surface area contributed by atoms with Crippen molar-refractivity contribution in [3.05, 3.63) is 35.4 Å². The fourth-order valence-electron chi connectivity index (χ4n) is 2.05. The molecular formula is C15H24N2O. The van der Waals surface area contributed by atoms with Crippen LogP contribution in [0.1, 0.15) is 24.0 Å². The first-order chi connectivity index (χ1) is 8.79. The van der Waals surface area contributed by atoms with Gasteiger partial charge in [0.15, 0.2) is 0 Å². The summed E-state index contributed by atoms with van der Waals surface area (Å²) in [6.45, 7) is 3.51. The number of ether oxygens (including phenoxy) is 1. The zero-order valence-corrected chi connectivity index (χ0v) is 11.5. The van der Waals surface area contributed by atoms with Gasteiger partial charge in [-0.15, -0.1) is 0 Å². The van der Waals surface area contributed by atoms with Gasteiger partial charge < -0.3 is 15.0 Å². The lowest BCUT2D eigenvalue weighted by molar-refractivity contribution is 0.0978. The number of hydrogen-bond acceptors (Lipinski definition) is 3. The van der Waals surface area contributed by atoms with E-state index >= 15 is 0 Å². The van der Waals surface area contributed by atoms with Crippen LogP contribution in [-0.2, 0) is 17.9 Å². The molecule has 0 heterocycles. The third-order valence-electron chi connectivity index (χ3n) is 3.43. The Hall–Kier alpha value is -0.900. The molecule has 1 aromatic carbocycles. The molecule has 3 heteroatoms. The van der Waals surface area contributed by atoms with Gasteiger partial charge in [-0.05, 0) is 38.1 Å². The van der Waals surface area contributed by atoms with Crippen LogP contribution in [0, 0.1) is 0 Å². The molecule has 1 aromatic rings. The molecule has 3 nitrogen and oxygen atoms in total. The van der Waals surface area contributed by atoms with Gasteiger partial charge in [0.1, 0.15) is 0 Å². The molecule has 1 saturated carbocycles. The molecule has 0 aliphatic heterocycles. The Morgan fingerprint density at radius 1 is 1.22 bits per heavy atom. The van der Waals surface area contributed by atoms with Crippen molar-refractivity contribution in [2.45, 2.75) is 32.0 Å². The Morgan fingerprint density at radius 3 is 2.50 bits per heavy atom. The topological polar surface area (TPSA) is 24.5 Å². The summed E-state index contributed by atoms with van der Waals surface area (Å²) in [6, 6.07) is 9.44. The van der Waals surface area contributed by atoms with E-state index in [1.54, 1.807) is 0 Å². The van der Waals surface area contributed by atoms with E-state index in [9.17, 15) is 0 Å². The Bertz CT molecular complexity index is 346. The molecule has 0 aromatic heterocycles. The number of nitrogens with one attached hydrogen (secondary N) is 1. The highest BCUT2D eigenvalue weighted by atomic mass is 16.5. The second-order valence-electron chi connectivity index (χ2n) is 5.11. The van der Waals surface area contributed by atoms with Crippen molar-refractivity contribution in [3.63, 3.8) is 0 Å². The van der Waals surface area contributed by atoms with Crippen molar-refractivity contribution < 1.29 is 4.74 Å². The molecule has 0 amide bonds. The van der Waals surface area contributed by atoms with Crippen LogP contribution in [-0.4, -0.2) is 38.2 Å². The number of nitrogens with zero attached hydrogens (tertiary/aromatic N) is 1. The fraction of sp³-hybridized carbons (Fsp3) is 0.600. The minimum Gasteiger partial charge on any atom is -0.375 e. The van der Waals surface area contributed by atoms with Gasteiger partial charge >= 0.3 is 0 Å². The summed E-state index contributed by atoms with van der Waals surface area (Å²) in [5.41, 5.74) is 2.57. The lowest BCUT2D eigenvalue weighted by atomic mass is 10.1. The van der Waals surface area contributed by atoms with Gasteiger partial charge in [-0.1, -0.05) is 24.3 Å². The van der Waals surface area contributed by atoms with Crippen LogP contribution in [0.2, 0.25) is 0 Å². The Balaban J connectivity index is 1.63. The number of rotatable bonds is 8. The van der Waals surface area contributed by atoms with Crippen molar-refractivity contribution in [3.8, 4) is 0 Å². The first kappa shape index (κ1) is 13.5. The van der Waals surface area contributed by atoms with E-state index in [2.05, 4.69) is 41.5 Å². The maximum absolute atomic E-state index is 5.71. The Labute approximate surface area is 110 Å². The Kier molecular flexibility index (Phi) is 5.17. The van der Waals surface area contributed by atoms with Gasteiger partial charge in [0, 0.05) is 19.1 Å². The molecule has 1 aliphatic carbocycles. The largest absolute Gasteiger partial charge is 0.375 e. The van der Waals surface area contributed by atoms with Crippen molar-refractivity contribution in [1.82, 2.24) is 10.2 Å². The zero-order chi connectivity index (χ0) is 12.8. The van der Waals surface area contributed by atoms with Gasteiger partial charge in [-0.2, -0.15) is 0 Å². The first-order valence-electron chi connectivity index (χ1n) is 6.80. The summed E-state index contributed by atoms with van der Waals surface area (Å²) in [6.07, 6.45) is 2.73. The normalized spacial score (nSPS) is 15.3. The average molecular weight is 248 g/mol. The molecule has 0 atom stereocenters. The number of hydrogen-bond donors (Lipinski definition) is 1. The third kappa shape index (κ3) is 4.41. The number of likely N-dealkylation sites (N-methyl/N-ethyl adjacent to an activating group) is 1. The second-order valence-corrected chi connectivity index (χ2v) is 5.11. The molecule has 2 rings (SSSR count). The molecular weight excluding hydrogens is 224 g/mol. The summed E-state index contributed by atoms with van der Waals surface area (Å²) >= 11 is 0. The predicted molar refractivity (Wildman–Crippen MR) is 74.5 cm³/mol. The van der Waals surface area contributed by atoms with Gasteiger partial charge in [-0.3, -0.25) is 0 Å². The predicted octanol–water partition coefficient (Wildman–Crippen LogP) is 2.02. The van der Waals surface area contributed by atoms with Gasteiger partial charge in [0.25, 0.3) is 0 Å². The van der Waals surface area contributed by atoms with Crippen molar-refractivity contribution in [1.29, 1.82) is 0 Å². The summed E-state index contributed by atoms with van der Waals surface area (Å²) in [5, 5.41) is 3.15. The monoisotopic (exact) mass is 248 g/mol. The van der Waals surface area contributed by atoms with Crippen molar-refractivity contribution in [2.75, 3.05) is 27.2 Å². The van der Waals surface area contributed by atoms with Gasteiger partial charge in [-0.25, -0.2) is 0 Å². The molecule has 18 heavy (non-hydrogen) atoms. The molecule has 100 valence electrons. The molecule has 1 fully saturated rings. The molecule has 0 bridgehead atoms. The van der Waals surface area contributed by atoms with Crippen LogP contribution in [0.5, 0.6) is 0 Å². The highest BCUT2D eigenvalue weighted by Crippen LogP contribution is 2.24. The SMILES string of the molecule is CNCc1ccc(COCCN(C)C2CC2)cc1. The molecule has 0 spiro atoms. The van der Waals surface area contributed by atoms with E-state index in [1.165, 1.54) is 24.0 Å². The van der Waals surface area contributed by atoms with Crippen LogP contribution in [0.25, 0.3) is 0 Å². The molecule has 1 aliphatic rings. The first-order valence-corrected chi connectivity index (χ1v) is 6.80. The lowest BCUT2D eigenvalue weighted by Gasteiger charge is -2.15. The summed E-state index contributed by atoms with van der Waals surface area (Å²) in [7, 11) is 4.15. The lowest BCUT2D eigenvalue weighted by Crippen LogP contribution is -2.25. The minimum absolute atomic E-state index is 0.721. The fourth-order valence-corrected chi connectivity index (χ4v) is 2.05. The summed E-state index contributed by atoms with van der Waals surface area (Å²) < 4.78 is 5.71. The van der Waals surface area contributed by atoms with Crippen LogP contribution in [0.15, 0.2) is 24.3 Å². The standard InChI is InChI=1S/C15H24N2O/c1-16-11-13-3-5-14(6-4-13)12-18-10-9-17(2)15-7-8-15/h3-6,15-16H,7-12H2,1-2H3. The van der Waals surface area contributed by atoms with Crippen LogP contribution in [0.4, 0.5) is 0 Å². The van der Waals surface area contributed by atoms with Gasteiger partial charge in [0.2, 0.25) is 0 Å². The summed E-state index contributed by atoms with van der Waals surface area (Å²) in [4.78, 5) is 2.40. The van der Waals surface area contributed by atoms with E-state index in [4.69, 9.17) is 4.74 Å². The van der Waals surface area contributed by atoms with Crippen molar-refractivity contribution >= 4 is 0 Å². The second kappa shape index (κ2) is 6.88. The van der Waals surface area contributed by atoms with E-state index in [0.717, 1.165) is 32.3 Å². The molecule has 0 radical (unpaired) electrons. The quantitative estimate of drug-likeness (QED) is 0.712. The zero-order valence-electron chi connectivity index (χ0n) is 11.5. The van der Waals surface area contributed by atoms with Crippen molar-refractivity contribution in [2.24, 2.45) is 0 Å².